The van der Waals surface area contributed by atoms with E-state index in [-0.39, 0.29) is 13.1 Å². The molecule has 0 radical (unpaired) electrons. The molecule has 24 heavy (non-hydrogen) atoms. The van der Waals surface area contributed by atoms with E-state index in [1.807, 2.05) is 19.0 Å². The van der Waals surface area contributed by atoms with Crippen molar-refractivity contribution in [1.29, 1.82) is 0 Å². The number of benzene rings is 1. The fourth-order valence-corrected chi connectivity index (χ4v) is 2.92. The van der Waals surface area contributed by atoms with E-state index in [1.54, 1.807) is 18.2 Å². The van der Waals surface area contributed by atoms with E-state index in [0.717, 1.165) is 10.6 Å². The summed E-state index contributed by atoms with van der Waals surface area (Å²) in [6, 6.07) is 5.07. The second-order valence-electron chi connectivity index (χ2n) is 5.81. The van der Waals surface area contributed by atoms with Crippen LogP contribution in [0.1, 0.15) is 0 Å². The number of sulfonamides is 1. The molecule has 0 fully saturated rings. The zero-order valence-electron chi connectivity index (χ0n) is 14.1. The maximum Gasteiger partial charge on any atom is 0.239 e. The Morgan fingerprint density at radius 2 is 1.83 bits per heavy atom. The first-order valence-corrected chi connectivity index (χ1v) is 9.40. The zero-order valence-corrected chi connectivity index (χ0v) is 14.9. The highest BCUT2D eigenvalue weighted by atomic mass is 32.2. The maximum atomic E-state index is 12.2. The van der Waals surface area contributed by atoms with Crippen LogP contribution in [-0.4, -0.2) is 76.7 Å². The van der Waals surface area contributed by atoms with Gasteiger partial charge in [0.25, 0.3) is 0 Å². The van der Waals surface area contributed by atoms with Crippen molar-refractivity contribution in [3.05, 3.63) is 18.2 Å². The Hall–Kier alpha value is -1.84. The number of hydrogen-bond acceptors (Lipinski definition) is 6. The van der Waals surface area contributed by atoms with Gasteiger partial charge in [-0.15, -0.1) is 0 Å². The minimum Gasteiger partial charge on any atom is -0.486 e. The Bertz CT molecular complexity index is 690. The molecule has 0 aliphatic carbocycles. The zero-order chi connectivity index (χ0) is 17.7. The molecule has 9 heteroatoms. The molecular weight excluding hydrogens is 334 g/mol. The average molecular weight is 357 g/mol. The topological polar surface area (TPSA) is 88.2 Å². The lowest BCUT2D eigenvalue weighted by molar-refractivity contribution is -0.116. The minimum absolute atomic E-state index is 0.235. The van der Waals surface area contributed by atoms with Gasteiger partial charge in [-0.25, -0.2) is 8.42 Å². The number of nitrogens with one attached hydrogen (secondary N) is 1. The largest absolute Gasteiger partial charge is 0.486 e. The Kier molecular flexibility index (Phi) is 6.03. The van der Waals surface area contributed by atoms with Crippen molar-refractivity contribution in [3.63, 3.8) is 0 Å². The van der Waals surface area contributed by atoms with E-state index < -0.39 is 15.9 Å². The van der Waals surface area contributed by atoms with E-state index in [4.69, 9.17) is 9.47 Å². The fourth-order valence-electron chi connectivity index (χ4n) is 2.16. The number of fused-ring (bicyclic) bond motifs is 1. The molecule has 1 aromatic carbocycles. The summed E-state index contributed by atoms with van der Waals surface area (Å²) < 4.78 is 35.7. The summed E-state index contributed by atoms with van der Waals surface area (Å²) in [4.78, 5) is 14.0. The molecule has 1 aliphatic heterocycles. The molecular formula is C15H23N3O5S. The summed E-state index contributed by atoms with van der Waals surface area (Å²) in [7, 11) is 0.225. The van der Waals surface area contributed by atoms with Gasteiger partial charge in [0.1, 0.15) is 13.2 Å². The predicted octanol–water partition coefficient (Wildman–Crippen LogP) is 0.220. The lowest BCUT2D eigenvalue weighted by Gasteiger charge is -2.22. The van der Waals surface area contributed by atoms with Crippen LogP contribution in [0.25, 0.3) is 0 Å². The van der Waals surface area contributed by atoms with E-state index in [2.05, 4.69) is 5.32 Å². The normalized spacial score (nSPS) is 14.0. The Morgan fingerprint density at radius 1 is 1.17 bits per heavy atom. The van der Waals surface area contributed by atoms with Crippen LogP contribution in [0.4, 0.5) is 5.69 Å². The number of likely N-dealkylation sites (N-methyl/N-ethyl adjacent to an activating group) is 1. The SMILES string of the molecule is CN(C)CCN(CC(=O)Nc1ccc2c(c1)OCCO2)S(C)(=O)=O. The van der Waals surface area contributed by atoms with Gasteiger partial charge in [0.15, 0.2) is 11.5 Å². The number of carbonyl (C=O) groups is 1. The number of ether oxygens (including phenoxy) is 2. The van der Waals surface area contributed by atoms with Crippen molar-refractivity contribution in [2.24, 2.45) is 0 Å². The van der Waals surface area contributed by atoms with E-state index in [0.29, 0.717) is 36.9 Å². The van der Waals surface area contributed by atoms with Crippen molar-refractivity contribution in [1.82, 2.24) is 9.21 Å². The number of amides is 1. The highest BCUT2D eigenvalue weighted by Crippen LogP contribution is 2.32. The van der Waals surface area contributed by atoms with Gasteiger partial charge in [-0.05, 0) is 26.2 Å². The molecule has 0 unspecified atom stereocenters. The fraction of sp³-hybridized carbons (Fsp3) is 0.533. The first-order valence-electron chi connectivity index (χ1n) is 7.55. The van der Waals surface area contributed by atoms with Crippen LogP contribution < -0.4 is 14.8 Å². The summed E-state index contributed by atoms with van der Waals surface area (Å²) in [5.41, 5.74) is 0.533. The third-order valence-corrected chi connectivity index (χ3v) is 4.66. The molecule has 2 rings (SSSR count). The van der Waals surface area contributed by atoms with Gasteiger partial charge in [0.2, 0.25) is 15.9 Å². The quantitative estimate of drug-likeness (QED) is 0.751. The van der Waals surface area contributed by atoms with Crippen molar-refractivity contribution >= 4 is 21.6 Å². The molecule has 134 valence electrons. The average Bonchev–Trinajstić information content (AvgIpc) is 2.50. The lowest BCUT2D eigenvalue weighted by atomic mass is 10.2. The highest BCUT2D eigenvalue weighted by Gasteiger charge is 2.20. The lowest BCUT2D eigenvalue weighted by Crippen LogP contribution is -2.41. The van der Waals surface area contributed by atoms with Gasteiger partial charge in [-0.2, -0.15) is 4.31 Å². The van der Waals surface area contributed by atoms with Gasteiger partial charge in [-0.3, -0.25) is 4.79 Å². The summed E-state index contributed by atoms with van der Waals surface area (Å²) >= 11 is 0. The van der Waals surface area contributed by atoms with Crippen molar-refractivity contribution in [2.45, 2.75) is 0 Å². The molecule has 8 nitrogen and oxygen atoms in total. The third kappa shape index (κ3) is 5.36. The molecule has 0 spiro atoms. The first-order chi connectivity index (χ1) is 11.3. The molecule has 1 amide bonds. The molecule has 0 saturated carbocycles. The second-order valence-corrected chi connectivity index (χ2v) is 7.79. The van der Waals surface area contributed by atoms with Crippen LogP contribution in [0, 0.1) is 0 Å². The Morgan fingerprint density at radius 3 is 2.46 bits per heavy atom. The summed E-state index contributed by atoms with van der Waals surface area (Å²) in [6.07, 6.45) is 1.10. The van der Waals surface area contributed by atoms with Crippen LogP contribution in [0.5, 0.6) is 11.5 Å². The van der Waals surface area contributed by atoms with Crippen LogP contribution in [0.3, 0.4) is 0 Å². The van der Waals surface area contributed by atoms with Crippen LogP contribution in [0.2, 0.25) is 0 Å². The molecule has 0 bridgehead atoms. The van der Waals surface area contributed by atoms with Crippen molar-refractivity contribution < 1.29 is 22.7 Å². The molecule has 1 N–H and O–H groups in total. The number of hydrogen-bond donors (Lipinski definition) is 1. The number of carbonyl (C=O) groups excluding carboxylic acids is 1. The number of anilines is 1. The number of nitrogens with zero attached hydrogens (tertiary/aromatic N) is 2. The molecule has 0 saturated heterocycles. The molecule has 0 aromatic heterocycles. The predicted molar refractivity (Wildman–Crippen MR) is 91.0 cm³/mol. The standard InChI is InChI=1S/C15H23N3O5S/c1-17(2)6-7-18(24(3,20)21)11-15(19)16-12-4-5-13-14(10-12)23-9-8-22-13/h4-5,10H,6-9,11H2,1-3H3,(H,16,19). The van der Waals surface area contributed by atoms with Crippen LogP contribution in [-0.2, 0) is 14.8 Å². The van der Waals surface area contributed by atoms with Crippen molar-refractivity contribution in [3.8, 4) is 11.5 Å². The van der Waals surface area contributed by atoms with E-state index in [9.17, 15) is 13.2 Å². The molecule has 1 aliphatic rings. The van der Waals surface area contributed by atoms with Crippen LogP contribution >= 0.6 is 0 Å². The van der Waals surface area contributed by atoms with E-state index in [1.165, 1.54) is 0 Å². The Labute approximate surface area is 142 Å². The van der Waals surface area contributed by atoms with E-state index >= 15 is 0 Å². The highest BCUT2D eigenvalue weighted by molar-refractivity contribution is 7.88. The first kappa shape index (κ1) is 18.5. The smallest absolute Gasteiger partial charge is 0.239 e. The summed E-state index contributed by atoms with van der Waals surface area (Å²) in [5, 5.41) is 2.69. The number of rotatable bonds is 7. The van der Waals surface area contributed by atoms with Gasteiger partial charge in [0.05, 0.1) is 12.8 Å². The Balaban J connectivity index is 2.00. The molecule has 1 aromatic rings. The summed E-state index contributed by atoms with van der Waals surface area (Å²) in [5.74, 6) is 0.783. The second kappa shape index (κ2) is 7.82. The third-order valence-electron chi connectivity index (χ3n) is 3.41. The van der Waals surface area contributed by atoms with Gasteiger partial charge < -0.3 is 19.7 Å². The molecule has 0 atom stereocenters. The van der Waals surface area contributed by atoms with Gasteiger partial charge >= 0.3 is 0 Å². The monoisotopic (exact) mass is 357 g/mol. The van der Waals surface area contributed by atoms with Crippen molar-refractivity contribution in [2.75, 3.05) is 58.5 Å². The van der Waals surface area contributed by atoms with Crippen LogP contribution in [0.15, 0.2) is 18.2 Å². The maximum absolute atomic E-state index is 12.2. The minimum atomic E-state index is -3.46. The molecule has 1 heterocycles. The summed E-state index contributed by atoms with van der Waals surface area (Å²) in [6.45, 7) is 1.50. The van der Waals surface area contributed by atoms with Gasteiger partial charge in [-0.1, -0.05) is 0 Å². The van der Waals surface area contributed by atoms with Gasteiger partial charge in [0, 0.05) is 24.8 Å².